The first-order valence-electron chi connectivity index (χ1n) is 8.52. The van der Waals surface area contributed by atoms with Crippen LogP contribution in [0.3, 0.4) is 0 Å². The summed E-state index contributed by atoms with van der Waals surface area (Å²) in [5.41, 5.74) is 1.02. The molecule has 4 aromatic rings. The average molecular weight is 480 g/mol. The molecule has 0 atom stereocenters. The van der Waals surface area contributed by atoms with Gasteiger partial charge in [-0.15, -0.1) is 16.4 Å². The van der Waals surface area contributed by atoms with Crippen LogP contribution in [0.2, 0.25) is 0 Å². The second-order valence-electron chi connectivity index (χ2n) is 6.26. The van der Waals surface area contributed by atoms with Crippen LogP contribution >= 0.6 is 27.3 Å². The summed E-state index contributed by atoms with van der Waals surface area (Å²) in [7, 11) is -3.87. The van der Waals surface area contributed by atoms with Gasteiger partial charge in [0.2, 0.25) is 14.9 Å². The van der Waals surface area contributed by atoms with Crippen molar-refractivity contribution in [3.05, 3.63) is 40.2 Å². The van der Waals surface area contributed by atoms with Gasteiger partial charge in [0.05, 0.1) is 28.3 Å². The summed E-state index contributed by atoms with van der Waals surface area (Å²) in [6, 6.07) is 8.44. The average Bonchev–Trinajstić information content (AvgIpc) is 3.35. The Kier molecular flexibility index (Phi) is 4.34. The molecule has 0 saturated carbocycles. The van der Waals surface area contributed by atoms with E-state index >= 15 is 0 Å². The van der Waals surface area contributed by atoms with Crippen molar-refractivity contribution in [1.29, 1.82) is 0 Å². The van der Waals surface area contributed by atoms with Gasteiger partial charge in [-0.1, -0.05) is 27.2 Å². The van der Waals surface area contributed by atoms with Crippen LogP contribution < -0.4 is 4.90 Å². The third kappa shape index (κ3) is 2.81. The van der Waals surface area contributed by atoms with Crippen molar-refractivity contribution in [3.63, 3.8) is 0 Å². The number of nitrogens with zero attached hydrogens (tertiary/aromatic N) is 5. The Bertz CT molecular complexity index is 1290. The van der Waals surface area contributed by atoms with E-state index in [-0.39, 0.29) is 15.6 Å². The van der Waals surface area contributed by atoms with Crippen molar-refractivity contribution < 1.29 is 13.2 Å². The molecule has 3 aromatic heterocycles. The number of rotatable bonds is 3. The Hall–Kier alpha value is -2.08. The van der Waals surface area contributed by atoms with Crippen LogP contribution in [0, 0.1) is 0 Å². The number of aromatic nitrogens is 4. The molecule has 0 N–H and O–H groups in total. The molecule has 1 aliphatic rings. The second-order valence-corrected chi connectivity index (χ2v) is 9.96. The van der Waals surface area contributed by atoms with E-state index in [0.717, 1.165) is 16.0 Å². The molecule has 4 heterocycles. The molecule has 0 amide bonds. The maximum Gasteiger partial charge on any atom is 0.229 e. The van der Waals surface area contributed by atoms with E-state index in [1.807, 2.05) is 11.4 Å². The van der Waals surface area contributed by atoms with Gasteiger partial charge in [0.25, 0.3) is 0 Å². The molecule has 0 spiro atoms. The van der Waals surface area contributed by atoms with Crippen LogP contribution in [-0.4, -0.2) is 54.5 Å². The third-order valence-corrected chi connectivity index (χ3v) is 7.62. The lowest BCUT2D eigenvalue weighted by atomic mass is 10.3. The smallest absolute Gasteiger partial charge is 0.229 e. The van der Waals surface area contributed by atoms with E-state index in [0.29, 0.717) is 30.8 Å². The van der Waals surface area contributed by atoms with E-state index in [9.17, 15) is 8.42 Å². The van der Waals surface area contributed by atoms with Crippen LogP contribution in [0.1, 0.15) is 0 Å². The summed E-state index contributed by atoms with van der Waals surface area (Å²) >= 11 is 4.87. The molecule has 0 aliphatic carbocycles. The van der Waals surface area contributed by atoms with Gasteiger partial charge in [-0.2, -0.15) is 4.52 Å². The minimum Gasteiger partial charge on any atom is -0.378 e. The Morgan fingerprint density at radius 2 is 2.00 bits per heavy atom. The van der Waals surface area contributed by atoms with Gasteiger partial charge in [0, 0.05) is 17.6 Å². The van der Waals surface area contributed by atoms with Gasteiger partial charge < -0.3 is 9.64 Å². The van der Waals surface area contributed by atoms with E-state index in [1.54, 1.807) is 29.5 Å². The fraction of sp³-hybridized carbons (Fsp3) is 0.235. The van der Waals surface area contributed by atoms with E-state index < -0.39 is 9.84 Å². The van der Waals surface area contributed by atoms with Gasteiger partial charge >= 0.3 is 0 Å². The maximum absolute atomic E-state index is 13.2. The van der Waals surface area contributed by atoms with E-state index in [1.165, 1.54) is 10.6 Å². The molecule has 5 rings (SSSR count). The summed E-state index contributed by atoms with van der Waals surface area (Å²) in [6.07, 6.45) is 0. The number of ether oxygens (including phenoxy) is 1. The second kappa shape index (κ2) is 6.76. The van der Waals surface area contributed by atoms with Gasteiger partial charge in [-0.25, -0.2) is 13.4 Å². The van der Waals surface area contributed by atoms with Crippen molar-refractivity contribution >= 4 is 58.8 Å². The third-order valence-electron chi connectivity index (χ3n) is 4.58. The summed E-state index contributed by atoms with van der Waals surface area (Å²) in [5, 5.41) is 9.89. The Balaban J connectivity index is 1.75. The fourth-order valence-electron chi connectivity index (χ4n) is 3.22. The summed E-state index contributed by atoms with van der Waals surface area (Å²) in [4.78, 5) is 6.96. The topological polar surface area (TPSA) is 89.7 Å². The number of halogens is 1. The molecule has 0 radical (unpaired) electrons. The van der Waals surface area contributed by atoms with E-state index in [4.69, 9.17) is 9.72 Å². The highest BCUT2D eigenvalue weighted by Crippen LogP contribution is 2.33. The van der Waals surface area contributed by atoms with Gasteiger partial charge in [-0.05, 0) is 29.6 Å². The maximum atomic E-state index is 13.2. The molecule has 144 valence electrons. The minimum absolute atomic E-state index is 0.143. The predicted molar refractivity (Wildman–Crippen MR) is 109 cm³/mol. The lowest BCUT2D eigenvalue weighted by molar-refractivity contribution is 0.122. The lowest BCUT2D eigenvalue weighted by Gasteiger charge is -2.28. The zero-order chi connectivity index (χ0) is 19.3. The quantitative estimate of drug-likeness (QED) is 0.446. The largest absolute Gasteiger partial charge is 0.378 e. The first-order valence-corrected chi connectivity index (χ1v) is 11.7. The van der Waals surface area contributed by atoms with Gasteiger partial charge in [0.15, 0.2) is 11.5 Å². The molecule has 11 heteroatoms. The standard InChI is InChI=1S/C17H14BrN5O3S2/c18-11-2-1-3-12(10-11)28(24,25)17-16-19-15(22-5-7-26-8-6-22)14-13(4-9-27-14)23(16)21-20-17/h1-4,9-10H,5-8H2. The molecule has 28 heavy (non-hydrogen) atoms. The molecular formula is C17H14BrN5O3S2. The number of anilines is 1. The van der Waals surface area contributed by atoms with Crippen molar-refractivity contribution in [2.45, 2.75) is 9.92 Å². The fourth-order valence-corrected chi connectivity index (χ4v) is 5.94. The molecule has 1 aliphatic heterocycles. The Labute approximate surface area is 172 Å². The monoisotopic (exact) mass is 479 g/mol. The number of benzene rings is 1. The normalized spacial score (nSPS) is 15.5. The number of hydrogen-bond donors (Lipinski definition) is 0. The summed E-state index contributed by atoms with van der Waals surface area (Å²) in [5.74, 6) is 0.744. The molecule has 0 unspecified atom stereocenters. The molecular weight excluding hydrogens is 466 g/mol. The Morgan fingerprint density at radius 1 is 1.18 bits per heavy atom. The van der Waals surface area contributed by atoms with E-state index in [2.05, 4.69) is 31.1 Å². The molecule has 8 nitrogen and oxygen atoms in total. The van der Waals surface area contributed by atoms with Crippen molar-refractivity contribution in [2.75, 3.05) is 31.2 Å². The highest BCUT2D eigenvalue weighted by molar-refractivity contribution is 9.10. The number of sulfone groups is 1. The number of morpholine rings is 1. The number of fused-ring (bicyclic) bond motifs is 3. The lowest BCUT2D eigenvalue weighted by Crippen LogP contribution is -2.36. The predicted octanol–water partition coefficient (Wildman–Crippen LogP) is 2.77. The molecule has 1 saturated heterocycles. The highest BCUT2D eigenvalue weighted by atomic mass is 79.9. The zero-order valence-electron chi connectivity index (χ0n) is 14.4. The first kappa shape index (κ1) is 18.0. The highest BCUT2D eigenvalue weighted by Gasteiger charge is 2.28. The molecule has 1 fully saturated rings. The Morgan fingerprint density at radius 3 is 2.79 bits per heavy atom. The van der Waals surface area contributed by atoms with Crippen molar-refractivity contribution in [1.82, 2.24) is 19.8 Å². The van der Waals surface area contributed by atoms with Crippen LogP contribution in [-0.2, 0) is 14.6 Å². The van der Waals surface area contributed by atoms with Crippen molar-refractivity contribution in [3.8, 4) is 0 Å². The molecule has 1 aromatic carbocycles. The van der Waals surface area contributed by atoms with Crippen molar-refractivity contribution in [2.24, 2.45) is 0 Å². The number of thiophene rings is 1. The van der Waals surface area contributed by atoms with Crippen LogP contribution in [0.25, 0.3) is 15.9 Å². The molecule has 0 bridgehead atoms. The summed E-state index contributed by atoms with van der Waals surface area (Å²) < 4.78 is 35.0. The summed E-state index contributed by atoms with van der Waals surface area (Å²) in [6.45, 7) is 2.62. The zero-order valence-corrected chi connectivity index (χ0v) is 17.7. The van der Waals surface area contributed by atoms with Crippen LogP contribution in [0.5, 0.6) is 0 Å². The minimum atomic E-state index is -3.87. The number of hydrogen-bond acceptors (Lipinski definition) is 8. The van der Waals surface area contributed by atoms with Crippen LogP contribution in [0.4, 0.5) is 5.82 Å². The van der Waals surface area contributed by atoms with Gasteiger partial charge in [-0.3, -0.25) is 0 Å². The first-order chi connectivity index (χ1) is 13.6. The van der Waals surface area contributed by atoms with Crippen LogP contribution in [0.15, 0.2) is 50.1 Å². The van der Waals surface area contributed by atoms with Gasteiger partial charge in [0.1, 0.15) is 0 Å². The SMILES string of the molecule is O=S(=O)(c1cccc(Br)c1)c1nnn2c1nc(N1CCOCC1)c1sccc12.